The lowest BCUT2D eigenvalue weighted by Gasteiger charge is -2.32. The van der Waals surface area contributed by atoms with Gasteiger partial charge in [0.05, 0.1) is 24.9 Å². The zero-order chi connectivity index (χ0) is 13.7. The summed E-state index contributed by atoms with van der Waals surface area (Å²) in [7, 11) is 0. The van der Waals surface area contributed by atoms with Crippen molar-refractivity contribution in [3.8, 4) is 0 Å². The van der Waals surface area contributed by atoms with Crippen LogP contribution in [0.3, 0.4) is 0 Å². The second kappa shape index (κ2) is 6.54. The Balaban J connectivity index is 1.91. The molecule has 1 aromatic carbocycles. The summed E-state index contributed by atoms with van der Waals surface area (Å²) < 4.78 is 5.48. The number of benzene rings is 1. The number of nitrogens with two attached hydrogens (primary N) is 1. The van der Waals surface area contributed by atoms with Gasteiger partial charge in [-0.25, -0.2) is 0 Å². The van der Waals surface area contributed by atoms with Gasteiger partial charge in [-0.1, -0.05) is 12.1 Å². The summed E-state index contributed by atoms with van der Waals surface area (Å²) in [6, 6.07) is 7.14. The normalized spacial score (nSPS) is 16.6. The van der Waals surface area contributed by atoms with Crippen molar-refractivity contribution in [2.45, 2.75) is 18.9 Å². The SMILES string of the molecule is Nc1ccccc1C(=O)N1CCC(OCCO)CC1. The zero-order valence-electron chi connectivity index (χ0n) is 10.9. The Morgan fingerprint density at radius 3 is 2.68 bits per heavy atom. The molecule has 0 unspecified atom stereocenters. The first-order chi connectivity index (χ1) is 9.22. The van der Waals surface area contributed by atoms with Crippen LogP contribution in [0.15, 0.2) is 24.3 Å². The highest BCUT2D eigenvalue weighted by Crippen LogP contribution is 2.19. The second-order valence-corrected chi connectivity index (χ2v) is 4.67. The van der Waals surface area contributed by atoms with E-state index in [1.165, 1.54) is 0 Å². The van der Waals surface area contributed by atoms with E-state index in [0.717, 1.165) is 12.8 Å². The number of para-hydroxylation sites is 1. The van der Waals surface area contributed by atoms with Crippen molar-refractivity contribution in [3.63, 3.8) is 0 Å². The lowest BCUT2D eigenvalue weighted by Crippen LogP contribution is -2.41. The van der Waals surface area contributed by atoms with Gasteiger partial charge in [0.1, 0.15) is 0 Å². The average Bonchev–Trinajstić information content (AvgIpc) is 2.45. The van der Waals surface area contributed by atoms with Crippen LogP contribution in [0.2, 0.25) is 0 Å². The molecule has 19 heavy (non-hydrogen) atoms. The van der Waals surface area contributed by atoms with Crippen molar-refractivity contribution in [2.75, 3.05) is 32.0 Å². The predicted molar refractivity (Wildman–Crippen MR) is 72.8 cm³/mol. The van der Waals surface area contributed by atoms with Crippen molar-refractivity contribution in [1.82, 2.24) is 4.90 Å². The molecule has 0 aromatic heterocycles. The van der Waals surface area contributed by atoms with Crippen molar-refractivity contribution < 1.29 is 14.6 Å². The van der Waals surface area contributed by atoms with E-state index in [4.69, 9.17) is 15.6 Å². The number of likely N-dealkylation sites (tertiary alicyclic amines) is 1. The molecule has 1 fully saturated rings. The number of nitrogens with zero attached hydrogens (tertiary/aromatic N) is 1. The molecule has 1 heterocycles. The van der Waals surface area contributed by atoms with Crippen LogP contribution < -0.4 is 5.73 Å². The van der Waals surface area contributed by atoms with Gasteiger partial charge in [-0.05, 0) is 25.0 Å². The Kier molecular flexibility index (Phi) is 4.76. The quantitative estimate of drug-likeness (QED) is 0.792. The Labute approximate surface area is 113 Å². The summed E-state index contributed by atoms with van der Waals surface area (Å²) >= 11 is 0. The van der Waals surface area contributed by atoms with Crippen LogP contribution in [0.5, 0.6) is 0 Å². The van der Waals surface area contributed by atoms with Gasteiger partial charge in [0.25, 0.3) is 5.91 Å². The van der Waals surface area contributed by atoms with Crippen molar-refractivity contribution in [2.24, 2.45) is 0 Å². The topological polar surface area (TPSA) is 75.8 Å². The third kappa shape index (κ3) is 3.45. The minimum atomic E-state index is -0.0151. The van der Waals surface area contributed by atoms with Crippen molar-refractivity contribution in [3.05, 3.63) is 29.8 Å². The summed E-state index contributed by atoms with van der Waals surface area (Å²) in [6.45, 7) is 1.75. The van der Waals surface area contributed by atoms with E-state index in [9.17, 15) is 4.79 Å². The van der Waals surface area contributed by atoms with Gasteiger partial charge in [-0.3, -0.25) is 4.79 Å². The van der Waals surface area contributed by atoms with E-state index in [-0.39, 0.29) is 18.6 Å². The Morgan fingerprint density at radius 2 is 2.05 bits per heavy atom. The smallest absolute Gasteiger partial charge is 0.255 e. The first-order valence-corrected chi connectivity index (χ1v) is 6.58. The Morgan fingerprint density at radius 1 is 1.37 bits per heavy atom. The molecule has 1 saturated heterocycles. The first kappa shape index (κ1) is 13.8. The molecule has 0 radical (unpaired) electrons. The molecule has 1 aliphatic rings. The van der Waals surface area contributed by atoms with Crippen LogP contribution in [-0.4, -0.2) is 48.3 Å². The van der Waals surface area contributed by atoms with E-state index in [1.54, 1.807) is 12.1 Å². The molecule has 0 spiro atoms. The molecule has 2 rings (SSSR count). The maximum Gasteiger partial charge on any atom is 0.255 e. The van der Waals surface area contributed by atoms with Crippen LogP contribution >= 0.6 is 0 Å². The van der Waals surface area contributed by atoms with Gasteiger partial charge in [0.2, 0.25) is 0 Å². The fourth-order valence-corrected chi connectivity index (χ4v) is 2.31. The van der Waals surface area contributed by atoms with Gasteiger partial charge < -0.3 is 20.5 Å². The van der Waals surface area contributed by atoms with E-state index in [2.05, 4.69) is 0 Å². The summed E-state index contributed by atoms with van der Waals surface area (Å²) in [4.78, 5) is 14.1. The molecule has 104 valence electrons. The number of aliphatic hydroxyl groups is 1. The van der Waals surface area contributed by atoms with Gasteiger partial charge in [0.15, 0.2) is 0 Å². The lowest BCUT2D eigenvalue weighted by molar-refractivity contribution is -0.00552. The monoisotopic (exact) mass is 264 g/mol. The molecule has 1 aliphatic heterocycles. The molecular weight excluding hydrogens is 244 g/mol. The number of piperidine rings is 1. The molecule has 5 heteroatoms. The zero-order valence-corrected chi connectivity index (χ0v) is 10.9. The second-order valence-electron chi connectivity index (χ2n) is 4.67. The largest absolute Gasteiger partial charge is 0.398 e. The maximum atomic E-state index is 12.3. The highest BCUT2D eigenvalue weighted by atomic mass is 16.5. The number of nitrogen functional groups attached to an aromatic ring is 1. The number of amides is 1. The third-order valence-electron chi connectivity index (χ3n) is 3.37. The fourth-order valence-electron chi connectivity index (χ4n) is 2.31. The number of hydrogen-bond donors (Lipinski definition) is 2. The van der Waals surface area contributed by atoms with Crippen LogP contribution in [0.1, 0.15) is 23.2 Å². The Hall–Kier alpha value is -1.59. The van der Waals surface area contributed by atoms with Gasteiger partial charge in [-0.15, -0.1) is 0 Å². The van der Waals surface area contributed by atoms with Crippen LogP contribution in [0.4, 0.5) is 5.69 Å². The van der Waals surface area contributed by atoms with Gasteiger partial charge in [0, 0.05) is 18.8 Å². The number of rotatable bonds is 4. The molecule has 0 atom stereocenters. The molecule has 3 N–H and O–H groups in total. The van der Waals surface area contributed by atoms with E-state index < -0.39 is 0 Å². The van der Waals surface area contributed by atoms with Crippen molar-refractivity contribution >= 4 is 11.6 Å². The van der Waals surface area contributed by atoms with Crippen molar-refractivity contribution in [1.29, 1.82) is 0 Å². The summed E-state index contributed by atoms with van der Waals surface area (Å²) in [5.74, 6) is -0.0151. The average molecular weight is 264 g/mol. The molecular formula is C14H20N2O3. The van der Waals surface area contributed by atoms with E-state index >= 15 is 0 Å². The van der Waals surface area contributed by atoms with Crippen LogP contribution in [-0.2, 0) is 4.74 Å². The minimum absolute atomic E-state index is 0.0151. The van der Waals surface area contributed by atoms with Crippen LogP contribution in [0.25, 0.3) is 0 Å². The summed E-state index contributed by atoms with van der Waals surface area (Å²) in [5.41, 5.74) is 6.91. The molecule has 0 aliphatic carbocycles. The summed E-state index contributed by atoms with van der Waals surface area (Å²) in [5, 5.41) is 8.71. The lowest BCUT2D eigenvalue weighted by atomic mass is 10.1. The number of ether oxygens (including phenoxy) is 1. The number of hydrogen-bond acceptors (Lipinski definition) is 4. The van der Waals surface area contributed by atoms with E-state index in [0.29, 0.717) is 30.9 Å². The molecule has 1 aromatic rings. The first-order valence-electron chi connectivity index (χ1n) is 6.58. The molecule has 1 amide bonds. The number of carbonyl (C=O) groups excluding carboxylic acids is 1. The summed E-state index contributed by atoms with van der Waals surface area (Å²) in [6.07, 6.45) is 1.75. The Bertz CT molecular complexity index is 428. The molecule has 5 nitrogen and oxygen atoms in total. The van der Waals surface area contributed by atoms with Gasteiger partial charge >= 0.3 is 0 Å². The minimum Gasteiger partial charge on any atom is -0.398 e. The van der Waals surface area contributed by atoms with E-state index in [1.807, 2.05) is 17.0 Å². The number of aliphatic hydroxyl groups excluding tert-OH is 1. The maximum absolute atomic E-state index is 12.3. The predicted octanol–water partition coefficient (Wildman–Crippen LogP) is 0.882. The molecule has 0 saturated carbocycles. The highest BCUT2D eigenvalue weighted by molar-refractivity contribution is 5.99. The van der Waals surface area contributed by atoms with Crippen LogP contribution in [0, 0.1) is 0 Å². The third-order valence-corrected chi connectivity index (χ3v) is 3.37. The molecule has 0 bridgehead atoms. The number of carbonyl (C=O) groups is 1. The standard InChI is InChI=1S/C14H20N2O3/c15-13-4-2-1-3-12(13)14(18)16-7-5-11(6-8-16)19-10-9-17/h1-4,11,17H,5-10,15H2. The fraction of sp³-hybridized carbons (Fsp3) is 0.500. The van der Waals surface area contributed by atoms with Gasteiger partial charge in [-0.2, -0.15) is 0 Å². The highest BCUT2D eigenvalue weighted by Gasteiger charge is 2.24. The number of anilines is 1.